The molecule has 11 heavy (non-hydrogen) atoms. The number of hydrogen-bond acceptors (Lipinski definition) is 2. The van der Waals surface area contributed by atoms with E-state index in [1.807, 2.05) is 0 Å². The standard InChI is InChI=1S/C9H22N2/c1-6-9(5)11(8(3)4)10-7-2/h8-10H,6-7H2,1-5H3. The minimum absolute atomic E-state index is 0.588. The predicted molar refractivity (Wildman–Crippen MR) is 50.4 cm³/mol. The molecule has 1 N–H and O–H groups in total. The normalized spacial score (nSPS) is 14.5. The molecular weight excluding hydrogens is 136 g/mol. The number of nitrogens with zero attached hydrogens (tertiary/aromatic N) is 1. The van der Waals surface area contributed by atoms with Crippen molar-refractivity contribution in [3.63, 3.8) is 0 Å². The molecule has 0 amide bonds. The highest BCUT2D eigenvalue weighted by molar-refractivity contribution is 4.64. The van der Waals surface area contributed by atoms with Crippen LogP contribution in [0.5, 0.6) is 0 Å². The van der Waals surface area contributed by atoms with Gasteiger partial charge in [-0.25, -0.2) is 5.01 Å². The Hall–Kier alpha value is -0.0800. The van der Waals surface area contributed by atoms with E-state index in [0.717, 1.165) is 6.54 Å². The molecule has 68 valence electrons. The summed E-state index contributed by atoms with van der Waals surface area (Å²) in [4.78, 5) is 0. The maximum atomic E-state index is 3.37. The second-order valence-corrected chi connectivity index (χ2v) is 3.27. The van der Waals surface area contributed by atoms with E-state index in [2.05, 4.69) is 45.1 Å². The van der Waals surface area contributed by atoms with E-state index in [0.29, 0.717) is 12.1 Å². The topological polar surface area (TPSA) is 15.3 Å². The fourth-order valence-corrected chi connectivity index (χ4v) is 1.23. The van der Waals surface area contributed by atoms with Crippen LogP contribution < -0.4 is 5.43 Å². The number of hydrazine groups is 1. The third kappa shape index (κ3) is 3.73. The van der Waals surface area contributed by atoms with Gasteiger partial charge in [0.25, 0.3) is 0 Å². The molecule has 1 atom stereocenters. The van der Waals surface area contributed by atoms with Gasteiger partial charge in [0.2, 0.25) is 0 Å². The molecule has 1 unspecified atom stereocenters. The number of rotatable bonds is 5. The van der Waals surface area contributed by atoms with E-state index in [4.69, 9.17) is 0 Å². The van der Waals surface area contributed by atoms with Crippen LogP contribution in [0, 0.1) is 0 Å². The monoisotopic (exact) mass is 158 g/mol. The van der Waals surface area contributed by atoms with Crippen LogP contribution in [-0.2, 0) is 0 Å². The van der Waals surface area contributed by atoms with Gasteiger partial charge in [0.15, 0.2) is 0 Å². The summed E-state index contributed by atoms with van der Waals surface area (Å²) in [7, 11) is 0. The first-order chi connectivity index (χ1) is 5.13. The van der Waals surface area contributed by atoms with Crippen LogP contribution in [-0.4, -0.2) is 23.6 Å². The Bertz CT molecular complexity index is 91.6. The highest BCUT2D eigenvalue weighted by Crippen LogP contribution is 2.04. The fourth-order valence-electron chi connectivity index (χ4n) is 1.23. The van der Waals surface area contributed by atoms with Gasteiger partial charge in [-0.1, -0.05) is 13.8 Å². The van der Waals surface area contributed by atoms with E-state index >= 15 is 0 Å². The van der Waals surface area contributed by atoms with Crippen molar-refractivity contribution in [3.05, 3.63) is 0 Å². The average molecular weight is 158 g/mol. The largest absolute Gasteiger partial charge is 0.255 e. The zero-order valence-corrected chi connectivity index (χ0v) is 8.52. The van der Waals surface area contributed by atoms with Crippen molar-refractivity contribution in [2.75, 3.05) is 6.54 Å². The van der Waals surface area contributed by atoms with Crippen LogP contribution in [0.3, 0.4) is 0 Å². The van der Waals surface area contributed by atoms with Crippen LogP contribution in [0.15, 0.2) is 0 Å². The Morgan fingerprint density at radius 3 is 2.00 bits per heavy atom. The van der Waals surface area contributed by atoms with E-state index in [1.54, 1.807) is 0 Å². The minimum Gasteiger partial charge on any atom is -0.255 e. The summed E-state index contributed by atoms with van der Waals surface area (Å²) in [5.41, 5.74) is 3.37. The Kier molecular flexibility index (Phi) is 5.51. The molecule has 0 spiro atoms. The fraction of sp³-hybridized carbons (Fsp3) is 1.00. The molecule has 0 fully saturated rings. The zero-order valence-electron chi connectivity index (χ0n) is 8.52. The highest BCUT2D eigenvalue weighted by Gasteiger charge is 2.13. The third-order valence-electron chi connectivity index (χ3n) is 1.96. The van der Waals surface area contributed by atoms with Gasteiger partial charge in [0.1, 0.15) is 0 Å². The molecule has 2 nitrogen and oxygen atoms in total. The van der Waals surface area contributed by atoms with Crippen molar-refractivity contribution in [2.45, 2.75) is 53.1 Å². The third-order valence-corrected chi connectivity index (χ3v) is 1.96. The maximum Gasteiger partial charge on any atom is 0.0215 e. The van der Waals surface area contributed by atoms with Gasteiger partial charge in [0, 0.05) is 18.6 Å². The van der Waals surface area contributed by atoms with Crippen LogP contribution in [0.25, 0.3) is 0 Å². The molecule has 2 heteroatoms. The zero-order chi connectivity index (χ0) is 8.85. The van der Waals surface area contributed by atoms with Crippen molar-refractivity contribution in [1.29, 1.82) is 0 Å². The number of hydrogen-bond donors (Lipinski definition) is 1. The number of nitrogens with one attached hydrogen (secondary N) is 1. The first-order valence-electron chi connectivity index (χ1n) is 4.65. The van der Waals surface area contributed by atoms with E-state index in [1.165, 1.54) is 6.42 Å². The Morgan fingerprint density at radius 1 is 1.18 bits per heavy atom. The molecule has 0 bridgehead atoms. The summed E-state index contributed by atoms with van der Waals surface area (Å²) >= 11 is 0. The van der Waals surface area contributed by atoms with Gasteiger partial charge >= 0.3 is 0 Å². The van der Waals surface area contributed by atoms with E-state index in [-0.39, 0.29) is 0 Å². The summed E-state index contributed by atoms with van der Waals surface area (Å²) in [5.74, 6) is 0. The molecule has 0 aliphatic carbocycles. The van der Waals surface area contributed by atoms with Gasteiger partial charge in [-0.15, -0.1) is 0 Å². The smallest absolute Gasteiger partial charge is 0.0215 e. The Labute approximate surface area is 70.9 Å². The van der Waals surface area contributed by atoms with Crippen molar-refractivity contribution in [1.82, 2.24) is 10.4 Å². The van der Waals surface area contributed by atoms with E-state index in [9.17, 15) is 0 Å². The van der Waals surface area contributed by atoms with Crippen molar-refractivity contribution < 1.29 is 0 Å². The molecule has 0 aromatic carbocycles. The van der Waals surface area contributed by atoms with Crippen LogP contribution in [0.4, 0.5) is 0 Å². The summed E-state index contributed by atoms with van der Waals surface area (Å²) < 4.78 is 0. The summed E-state index contributed by atoms with van der Waals surface area (Å²) in [5, 5.41) is 2.32. The second kappa shape index (κ2) is 5.56. The van der Waals surface area contributed by atoms with Crippen molar-refractivity contribution >= 4 is 0 Å². The summed E-state index contributed by atoms with van der Waals surface area (Å²) in [6.45, 7) is 12.1. The van der Waals surface area contributed by atoms with E-state index < -0.39 is 0 Å². The first-order valence-corrected chi connectivity index (χ1v) is 4.65. The van der Waals surface area contributed by atoms with Crippen LogP contribution in [0.1, 0.15) is 41.0 Å². The lowest BCUT2D eigenvalue weighted by Crippen LogP contribution is -2.48. The van der Waals surface area contributed by atoms with Crippen molar-refractivity contribution in [3.8, 4) is 0 Å². The molecule has 0 aliphatic heterocycles. The molecule has 0 aromatic heterocycles. The average Bonchev–Trinajstić information content (AvgIpc) is 1.98. The van der Waals surface area contributed by atoms with Gasteiger partial charge < -0.3 is 0 Å². The van der Waals surface area contributed by atoms with Gasteiger partial charge in [-0.3, -0.25) is 5.43 Å². The molecule has 0 saturated heterocycles. The van der Waals surface area contributed by atoms with Gasteiger partial charge in [-0.05, 0) is 27.2 Å². The van der Waals surface area contributed by atoms with Crippen molar-refractivity contribution in [2.24, 2.45) is 0 Å². The molecule has 0 radical (unpaired) electrons. The van der Waals surface area contributed by atoms with Crippen LogP contribution in [0.2, 0.25) is 0 Å². The molecule has 0 aromatic rings. The second-order valence-electron chi connectivity index (χ2n) is 3.27. The quantitative estimate of drug-likeness (QED) is 0.616. The lowest BCUT2D eigenvalue weighted by Gasteiger charge is -2.32. The first kappa shape index (κ1) is 10.9. The molecular formula is C9H22N2. The highest BCUT2D eigenvalue weighted by atomic mass is 15.5. The predicted octanol–water partition coefficient (Wildman–Crippen LogP) is 2.02. The minimum atomic E-state index is 0.588. The molecule has 0 saturated carbocycles. The molecule has 0 aliphatic rings. The summed E-state index contributed by atoms with van der Waals surface area (Å²) in [6.07, 6.45) is 1.20. The maximum absolute atomic E-state index is 3.37. The summed E-state index contributed by atoms with van der Waals surface area (Å²) in [6, 6.07) is 1.22. The molecule has 0 rings (SSSR count). The van der Waals surface area contributed by atoms with Gasteiger partial charge in [0.05, 0.1) is 0 Å². The lowest BCUT2D eigenvalue weighted by atomic mass is 10.2. The Balaban J connectivity index is 3.87. The lowest BCUT2D eigenvalue weighted by molar-refractivity contribution is 0.0943. The SMILES string of the molecule is CCNN(C(C)C)C(C)CC. The molecule has 0 heterocycles. The van der Waals surface area contributed by atoms with Gasteiger partial charge in [-0.2, -0.15) is 0 Å². The van der Waals surface area contributed by atoms with Crippen LogP contribution >= 0.6 is 0 Å². The Morgan fingerprint density at radius 2 is 1.73 bits per heavy atom.